The maximum Gasteiger partial charge on any atom is 0.330 e. The van der Waals surface area contributed by atoms with Gasteiger partial charge >= 0.3 is 5.97 Å². The first-order valence-corrected chi connectivity index (χ1v) is 10.0. The average molecular weight is 397 g/mol. The zero-order valence-electron chi connectivity index (χ0n) is 16.8. The first-order chi connectivity index (χ1) is 14.0. The van der Waals surface area contributed by atoms with Gasteiger partial charge in [-0.3, -0.25) is 9.59 Å². The topological polar surface area (TPSA) is 100 Å². The number of rotatable bonds is 8. The summed E-state index contributed by atoms with van der Waals surface area (Å²) >= 11 is 0. The van der Waals surface area contributed by atoms with E-state index in [0.717, 1.165) is 17.3 Å². The van der Waals surface area contributed by atoms with Gasteiger partial charge in [0.2, 0.25) is 5.91 Å². The van der Waals surface area contributed by atoms with Crippen molar-refractivity contribution >= 4 is 28.7 Å². The normalized spacial score (nSPS) is 17.4. The molecule has 1 aromatic heterocycles. The predicted molar refractivity (Wildman–Crippen MR) is 110 cm³/mol. The van der Waals surface area contributed by atoms with Crippen molar-refractivity contribution in [3.8, 4) is 0 Å². The number of hydrogen-bond donors (Lipinski definition) is 3. The van der Waals surface area contributed by atoms with E-state index in [1.54, 1.807) is 13.0 Å². The molecule has 7 heteroatoms. The standard InChI is InChI=1S/C22H27N3O4/c1-3-14-5-7-18-16(11-14)13-19(25-18)22(28)24-17(6-8-20(26)29-4-2)12-15-9-10-23-21(15)27/h5-8,11,13,15,17,25H,3-4,9-10,12H2,1-2H3,(H,23,27)(H,24,28)/t15-,17+/m0/s1. The number of benzene rings is 1. The maximum atomic E-state index is 12.8. The SMILES string of the molecule is CCOC(=O)C=C[C@H](C[C@@H]1CCNC1=O)NC(=O)c1cc2cc(CC)ccc2[nH]1. The molecule has 0 saturated carbocycles. The number of aromatic amines is 1. The Bertz CT molecular complexity index is 931. The van der Waals surface area contributed by atoms with Gasteiger partial charge in [0.25, 0.3) is 5.91 Å². The summed E-state index contributed by atoms with van der Waals surface area (Å²) in [5, 5.41) is 6.70. The van der Waals surface area contributed by atoms with Crippen molar-refractivity contribution < 1.29 is 19.1 Å². The number of amides is 2. The first-order valence-electron chi connectivity index (χ1n) is 10.0. The van der Waals surface area contributed by atoms with Gasteiger partial charge in [0.15, 0.2) is 0 Å². The number of aryl methyl sites for hydroxylation is 1. The van der Waals surface area contributed by atoms with Crippen molar-refractivity contribution in [3.63, 3.8) is 0 Å². The first kappa shape index (κ1) is 20.6. The molecule has 0 unspecified atom stereocenters. The monoisotopic (exact) mass is 397 g/mol. The van der Waals surface area contributed by atoms with Crippen LogP contribution in [0.3, 0.4) is 0 Å². The molecule has 29 heavy (non-hydrogen) atoms. The van der Waals surface area contributed by atoms with E-state index < -0.39 is 12.0 Å². The number of fused-ring (bicyclic) bond motifs is 1. The molecule has 3 rings (SSSR count). The second-order valence-electron chi connectivity index (χ2n) is 7.16. The van der Waals surface area contributed by atoms with Gasteiger partial charge in [-0.1, -0.05) is 19.1 Å². The summed E-state index contributed by atoms with van der Waals surface area (Å²) in [7, 11) is 0. The summed E-state index contributed by atoms with van der Waals surface area (Å²) in [5.74, 6) is -0.968. The minimum absolute atomic E-state index is 0.0218. The zero-order valence-corrected chi connectivity index (χ0v) is 16.8. The van der Waals surface area contributed by atoms with Gasteiger partial charge in [0, 0.05) is 35.5 Å². The zero-order chi connectivity index (χ0) is 20.8. The molecule has 1 aliphatic rings. The quantitative estimate of drug-likeness (QED) is 0.471. The molecular weight excluding hydrogens is 370 g/mol. The molecule has 1 saturated heterocycles. The lowest BCUT2D eigenvalue weighted by molar-refractivity contribution is -0.137. The van der Waals surface area contributed by atoms with E-state index in [9.17, 15) is 14.4 Å². The summed E-state index contributed by atoms with van der Waals surface area (Å²) < 4.78 is 4.91. The van der Waals surface area contributed by atoms with E-state index in [1.807, 2.05) is 18.2 Å². The third-order valence-electron chi connectivity index (χ3n) is 5.11. The molecule has 1 fully saturated rings. The minimum atomic E-state index is -0.472. The summed E-state index contributed by atoms with van der Waals surface area (Å²) in [6, 6.07) is 7.41. The maximum absolute atomic E-state index is 12.8. The molecule has 2 aromatic rings. The number of hydrogen-bond acceptors (Lipinski definition) is 4. The molecule has 1 aromatic carbocycles. The van der Waals surface area contributed by atoms with Crippen LogP contribution in [-0.4, -0.2) is 42.0 Å². The molecule has 0 aliphatic carbocycles. The third-order valence-corrected chi connectivity index (χ3v) is 5.11. The van der Waals surface area contributed by atoms with Crippen LogP contribution in [0.15, 0.2) is 36.4 Å². The van der Waals surface area contributed by atoms with Crippen molar-refractivity contribution in [2.75, 3.05) is 13.2 Å². The highest BCUT2D eigenvalue weighted by molar-refractivity contribution is 5.98. The smallest absolute Gasteiger partial charge is 0.330 e. The summed E-state index contributed by atoms with van der Waals surface area (Å²) in [5.41, 5.74) is 2.53. The number of carbonyl (C=O) groups is 3. The second kappa shape index (κ2) is 9.41. The van der Waals surface area contributed by atoms with Crippen molar-refractivity contribution in [2.24, 2.45) is 5.92 Å². The molecule has 0 bridgehead atoms. The largest absolute Gasteiger partial charge is 0.463 e. The van der Waals surface area contributed by atoms with Crippen LogP contribution in [0.4, 0.5) is 0 Å². The Hall–Kier alpha value is -3.09. The van der Waals surface area contributed by atoms with Crippen LogP contribution in [0, 0.1) is 5.92 Å². The number of ether oxygens (including phenoxy) is 1. The molecule has 7 nitrogen and oxygen atoms in total. The van der Waals surface area contributed by atoms with Gasteiger partial charge in [-0.05, 0) is 49.9 Å². The van der Waals surface area contributed by atoms with E-state index in [1.165, 1.54) is 11.6 Å². The lowest BCUT2D eigenvalue weighted by Crippen LogP contribution is -2.36. The summed E-state index contributed by atoms with van der Waals surface area (Å²) in [6.07, 6.45) is 4.96. The molecule has 2 heterocycles. The average Bonchev–Trinajstić information content (AvgIpc) is 3.31. The van der Waals surface area contributed by atoms with E-state index in [-0.39, 0.29) is 24.3 Å². The Labute approximate surface area is 169 Å². The number of aromatic nitrogens is 1. The number of carbonyl (C=O) groups excluding carboxylic acids is 3. The van der Waals surface area contributed by atoms with Gasteiger partial charge in [0.05, 0.1) is 6.61 Å². The van der Waals surface area contributed by atoms with E-state index in [4.69, 9.17) is 4.74 Å². The fourth-order valence-corrected chi connectivity index (χ4v) is 3.52. The Morgan fingerprint density at radius 2 is 2.14 bits per heavy atom. The third kappa shape index (κ3) is 5.25. The molecule has 154 valence electrons. The van der Waals surface area contributed by atoms with Crippen LogP contribution in [-0.2, 0) is 20.7 Å². The van der Waals surface area contributed by atoms with Crippen LogP contribution in [0.1, 0.15) is 42.7 Å². The van der Waals surface area contributed by atoms with Crippen LogP contribution < -0.4 is 10.6 Å². The second-order valence-corrected chi connectivity index (χ2v) is 7.16. The van der Waals surface area contributed by atoms with Crippen LogP contribution in [0.25, 0.3) is 10.9 Å². The fraction of sp³-hybridized carbons (Fsp3) is 0.409. The lowest BCUT2D eigenvalue weighted by atomic mass is 9.98. The number of esters is 1. The minimum Gasteiger partial charge on any atom is -0.463 e. The highest BCUT2D eigenvalue weighted by atomic mass is 16.5. The molecule has 2 amide bonds. The van der Waals surface area contributed by atoms with Crippen molar-refractivity contribution in [2.45, 2.75) is 39.2 Å². The molecule has 0 radical (unpaired) electrons. The highest BCUT2D eigenvalue weighted by Crippen LogP contribution is 2.20. The van der Waals surface area contributed by atoms with Gasteiger partial charge in [-0.2, -0.15) is 0 Å². The Morgan fingerprint density at radius 1 is 1.31 bits per heavy atom. The summed E-state index contributed by atoms with van der Waals surface area (Å²) in [6.45, 7) is 4.72. The van der Waals surface area contributed by atoms with Crippen LogP contribution in [0.2, 0.25) is 0 Å². The van der Waals surface area contributed by atoms with Crippen LogP contribution >= 0.6 is 0 Å². The van der Waals surface area contributed by atoms with Crippen LogP contribution in [0.5, 0.6) is 0 Å². The number of nitrogens with one attached hydrogen (secondary N) is 3. The molecular formula is C22H27N3O4. The molecule has 3 N–H and O–H groups in total. The highest BCUT2D eigenvalue weighted by Gasteiger charge is 2.27. The number of H-pyrrole nitrogens is 1. The van der Waals surface area contributed by atoms with E-state index in [2.05, 4.69) is 28.6 Å². The van der Waals surface area contributed by atoms with Gasteiger partial charge < -0.3 is 20.4 Å². The Kier molecular flexibility index (Phi) is 6.69. The van der Waals surface area contributed by atoms with Gasteiger partial charge in [0.1, 0.15) is 5.69 Å². The summed E-state index contributed by atoms with van der Waals surface area (Å²) in [4.78, 5) is 39.6. The van der Waals surface area contributed by atoms with E-state index in [0.29, 0.717) is 25.1 Å². The fourth-order valence-electron chi connectivity index (χ4n) is 3.52. The molecule has 2 atom stereocenters. The van der Waals surface area contributed by atoms with Gasteiger partial charge in [-0.15, -0.1) is 0 Å². The van der Waals surface area contributed by atoms with Crippen molar-refractivity contribution in [1.29, 1.82) is 0 Å². The molecule has 0 spiro atoms. The van der Waals surface area contributed by atoms with Gasteiger partial charge in [-0.25, -0.2) is 4.79 Å². The Morgan fingerprint density at radius 3 is 2.83 bits per heavy atom. The lowest BCUT2D eigenvalue weighted by Gasteiger charge is -2.17. The van der Waals surface area contributed by atoms with Crippen molar-refractivity contribution in [1.82, 2.24) is 15.6 Å². The predicted octanol–water partition coefficient (Wildman–Crippen LogP) is 2.47. The Balaban J connectivity index is 1.75. The van der Waals surface area contributed by atoms with E-state index >= 15 is 0 Å². The van der Waals surface area contributed by atoms with Crippen molar-refractivity contribution in [3.05, 3.63) is 47.7 Å². The molecule has 1 aliphatic heterocycles.